The van der Waals surface area contributed by atoms with E-state index in [1.165, 1.54) is 0 Å². The molecule has 1 heterocycles. The quantitative estimate of drug-likeness (QED) is 0.807. The molecule has 1 aliphatic heterocycles. The highest BCUT2D eigenvalue weighted by molar-refractivity contribution is 6.04. The van der Waals surface area contributed by atoms with Crippen LogP contribution >= 0.6 is 0 Å². The van der Waals surface area contributed by atoms with Gasteiger partial charge in [-0.3, -0.25) is 4.79 Å². The summed E-state index contributed by atoms with van der Waals surface area (Å²) in [5, 5.41) is 3.15. The lowest BCUT2D eigenvalue weighted by Crippen LogP contribution is -2.39. The number of hydrogen-bond donors (Lipinski definition) is 1. The van der Waals surface area contributed by atoms with Gasteiger partial charge in [0.05, 0.1) is 18.1 Å². The van der Waals surface area contributed by atoms with Crippen LogP contribution in [0.4, 0.5) is 8.78 Å². The van der Waals surface area contributed by atoms with Crippen LogP contribution in [0.2, 0.25) is 0 Å². The number of carbonyl (C=O) groups excluding carboxylic acids is 2. The maximum Gasteiger partial charge on any atom is 0.336 e. The van der Waals surface area contributed by atoms with Gasteiger partial charge in [-0.05, 0) is 43.9 Å². The van der Waals surface area contributed by atoms with Gasteiger partial charge in [0.1, 0.15) is 11.6 Å². The molecule has 0 radical (unpaired) electrons. The van der Waals surface area contributed by atoms with Crippen molar-refractivity contribution in [2.45, 2.75) is 46.5 Å². The van der Waals surface area contributed by atoms with E-state index in [2.05, 4.69) is 5.32 Å². The van der Waals surface area contributed by atoms with Crippen LogP contribution in [0.15, 0.2) is 40.7 Å². The first-order valence-corrected chi connectivity index (χ1v) is 9.00. The number of esters is 1. The van der Waals surface area contributed by atoms with Crippen molar-refractivity contribution in [1.29, 1.82) is 0 Å². The first kappa shape index (κ1) is 19.3. The third kappa shape index (κ3) is 3.53. The van der Waals surface area contributed by atoms with Gasteiger partial charge < -0.3 is 10.1 Å². The van der Waals surface area contributed by atoms with Crippen LogP contribution in [0.1, 0.15) is 52.0 Å². The van der Waals surface area contributed by atoms with Gasteiger partial charge in [-0.1, -0.05) is 13.8 Å². The zero-order valence-electron chi connectivity index (χ0n) is 15.9. The number of rotatable bonds is 3. The number of carbonyl (C=O) groups is 2. The zero-order chi connectivity index (χ0) is 19.9. The van der Waals surface area contributed by atoms with E-state index in [1.807, 2.05) is 13.8 Å². The van der Waals surface area contributed by atoms with Crippen molar-refractivity contribution in [3.8, 4) is 0 Å². The normalized spacial score (nSPS) is 21.7. The Balaban J connectivity index is 2.24. The summed E-state index contributed by atoms with van der Waals surface area (Å²) in [6.45, 7) is 7.45. The molecule has 0 saturated heterocycles. The van der Waals surface area contributed by atoms with Gasteiger partial charge in [0.2, 0.25) is 0 Å². The van der Waals surface area contributed by atoms with Crippen LogP contribution in [-0.4, -0.2) is 18.4 Å². The molecule has 6 heteroatoms. The monoisotopic (exact) mass is 375 g/mol. The zero-order valence-corrected chi connectivity index (χ0v) is 15.9. The van der Waals surface area contributed by atoms with Crippen molar-refractivity contribution in [2.24, 2.45) is 5.41 Å². The molecule has 27 heavy (non-hydrogen) atoms. The summed E-state index contributed by atoms with van der Waals surface area (Å²) in [7, 11) is 0. The fourth-order valence-corrected chi connectivity index (χ4v) is 3.96. The van der Waals surface area contributed by atoms with Gasteiger partial charge in [0, 0.05) is 29.0 Å². The molecular weight excluding hydrogens is 352 g/mol. The first-order chi connectivity index (χ1) is 12.6. The second kappa shape index (κ2) is 6.91. The van der Waals surface area contributed by atoms with Gasteiger partial charge in [0.15, 0.2) is 5.78 Å². The smallest absolute Gasteiger partial charge is 0.336 e. The van der Waals surface area contributed by atoms with E-state index in [4.69, 9.17) is 4.74 Å². The number of dihydropyridines is 1. The minimum Gasteiger partial charge on any atom is -0.463 e. The molecule has 0 saturated carbocycles. The van der Waals surface area contributed by atoms with Crippen molar-refractivity contribution in [3.63, 3.8) is 0 Å². The number of ether oxygens (including phenoxy) is 1. The van der Waals surface area contributed by atoms with Gasteiger partial charge in [-0.25, -0.2) is 13.6 Å². The maximum atomic E-state index is 14.6. The summed E-state index contributed by atoms with van der Waals surface area (Å²) < 4.78 is 33.7. The summed E-state index contributed by atoms with van der Waals surface area (Å²) in [5.74, 6) is -3.09. The Morgan fingerprint density at radius 2 is 2.00 bits per heavy atom. The molecule has 0 fully saturated rings. The second-order valence-electron chi connectivity index (χ2n) is 7.82. The van der Waals surface area contributed by atoms with Crippen molar-refractivity contribution >= 4 is 11.8 Å². The number of Topliss-reactive ketones (excluding diaryl/α,β-unsaturated/α-hetero) is 1. The molecule has 144 valence electrons. The molecule has 1 aromatic carbocycles. The van der Waals surface area contributed by atoms with Crippen molar-refractivity contribution in [2.75, 3.05) is 6.61 Å². The van der Waals surface area contributed by atoms with Crippen LogP contribution in [0.5, 0.6) is 0 Å². The number of benzene rings is 1. The fraction of sp³-hybridized carbons (Fsp3) is 0.429. The summed E-state index contributed by atoms with van der Waals surface area (Å²) in [4.78, 5) is 25.6. The lowest BCUT2D eigenvalue weighted by molar-refractivity contribution is -0.138. The van der Waals surface area contributed by atoms with Crippen molar-refractivity contribution in [1.82, 2.24) is 5.32 Å². The minimum atomic E-state index is -0.986. The third-order valence-electron chi connectivity index (χ3n) is 5.00. The first-order valence-electron chi connectivity index (χ1n) is 9.00. The van der Waals surface area contributed by atoms with Gasteiger partial charge in [-0.2, -0.15) is 0 Å². The Hall–Kier alpha value is -2.50. The number of allylic oxidation sites excluding steroid dienone is 3. The summed E-state index contributed by atoms with van der Waals surface area (Å²) in [6, 6.07) is 3.08. The Morgan fingerprint density at radius 3 is 2.67 bits per heavy atom. The molecule has 1 atom stereocenters. The Morgan fingerprint density at radius 1 is 1.30 bits per heavy atom. The number of halogens is 2. The molecule has 0 amide bonds. The highest BCUT2D eigenvalue weighted by Gasteiger charge is 2.43. The van der Waals surface area contributed by atoms with Crippen LogP contribution in [0.3, 0.4) is 0 Å². The van der Waals surface area contributed by atoms with Crippen LogP contribution in [-0.2, 0) is 14.3 Å². The van der Waals surface area contributed by atoms with E-state index in [-0.39, 0.29) is 35.4 Å². The summed E-state index contributed by atoms with van der Waals surface area (Å²) >= 11 is 0. The molecule has 0 aromatic heterocycles. The molecule has 0 spiro atoms. The molecule has 0 bridgehead atoms. The summed E-state index contributed by atoms with van der Waals surface area (Å²) in [6.07, 6.45) is 0.852. The van der Waals surface area contributed by atoms with E-state index in [0.29, 0.717) is 23.4 Å². The summed E-state index contributed by atoms with van der Waals surface area (Å²) in [5.41, 5.74) is 1.34. The van der Waals surface area contributed by atoms with E-state index < -0.39 is 23.5 Å². The molecule has 2 aliphatic rings. The van der Waals surface area contributed by atoms with Crippen LogP contribution in [0.25, 0.3) is 0 Å². The van der Waals surface area contributed by atoms with Gasteiger partial charge in [-0.15, -0.1) is 0 Å². The highest BCUT2D eigenvalue weighted by atomic mass is 19.1. The predicted octanol–water partition coefficient (Wildman–Crippen LogP) is 4.13. The lowest BCUT2D eigenvalue weighted by atomic mass is 9.68. The van der Waals surface area contributed by atoms with E-state index in [0.717, 1.165) is 18.2 Å². The molecular formula is C21H23F2NO3. The SMILES string of the molecule is CCOC(=O)C1=C(C)NC2=C(C(=O)CC(C)(C)C2)C1c1cc(F)ccc1F. The fourth-order valence-electron chi connectivity index (χ4n) is 3.96. The van der Waals surface area contributed by atoms with E-state index in [9.17, 15) is 18.4 Å². The molecule has 1 unspecified atom stereocenters. The largest absolute Gasteiger partial charge is 0.463 e. The van der Waals surface area contributed by atoms with E-state index >= 15 is 0 Å². The average Bonchev–Trinajstić information content (AvgIpc) is 2.54. The number of hydrogen-bond acceptors (Lipinski definition) is 4. The Bertz CT molecular complexity index is 883. The topological polar surface area (TPSA) is 55.4 Å². The highest BCUT2D eigenvalue weighted by Crippen LogP contribution is 2.47. The Labute approximate surface area is 157 Å². The lowest BCUT2D eigenvalue weighted by Gasteiger charge is -2.39. The standard InChI is InChI=1S/C21H23F2NO3/c1-5-27-20(26)17-11(2)24-15-9-21(3,4)10-16(25)19(15)18(17)13-8-12(22)6-7-14(13)23/h6-8,18,24H,5,9-10H2,1-4H3. The van der Waals surface area contributed by atoms with E-state index in [1.54, 1.807) is 13.8 Å². The number of nitrogens with one attached hydrogen (secondary N) is 1. The molecule has 1 aromatic rings. The molecule has 3 rings (SSSR count). The minimum absolute atomic E-state index is 0.0283. The van der Waals surface area contributed by atoms with Crippen molar-refractivity contribution < 1.29 is 23.1 Å². The van der Waals surface area contributed by atoms with Gasteiger partial charge in [0.25, 0.3) is 0 Å². The Kier molecular flexibility index (Phi) is 4.93. The second-order valence-corrected chi connectivity index (χ2v) is 7.82. The molecule has 1 aliphatic carbocycles. The van der Waals surface area contributed by atoms with Gasteiger partial charge >= 0.3 is 5.97 Å². The number of ketones is 1. The van der Waals surface area contributed by atoms with Crippen LogP contribution < -0.4 is 5.32 Å². The van der Waals surface area contributed by atoms with Crippen molar-refractivity contribution in [3.05, 3.63) is 57.9 Å². The average molecular weight is 375 g/mol. The predicted molar refractivity (Wildman–Crippen MR) is 96.6 cm³/mol. The van der Waals surface area contributed by atoms with Crippen LogP contribution in [0, 0.1) is 17.0 Å². The molecule has 1 N–H and O–H groups in total. The molecule has 4 nitrogen and oxygen atoms in total. The maximum absolute atomic E-state index is 14.6. The third-order valence-corrected chi connectivity index (χ3v) is 5.00.